The van der Waals surface area contributed by atoms with Crippen LogP contribution in [0.1, 0.15) is 19.3 Å². The molecule has 0 saturated carbocycles. The van der Waals surface area contributed by atoms with Crippen molar-refractivity contribution in [1.29, 1.82) is 0 Å². The fraction of sp³-hybridized carbons (Fsp3) is 0.750. The van der Waals surface area contributed by atoms with Gasteiger partial charge in [0.2, 0.25) is 0 Å². The third-order valence-electron chi connectivity index (χ3n) is 1.52. The first kappa shape index (κ1) is 12.9. The van der Waals surface area contributed by atoms with Crippen LogP contribution in [0.4, 0.5) is 0 Å². The van der Waals surface area contributed by atoms with E-state index >= 15 is 0 Å². The average molecular weight is 205 g/mol. The molecule has 0 bridgehead atoms. The molecule has 0 aromatic carbocycles. The van der Waals surface area contributed by atoms with Gasteiger partial charge in [-0.3, -0.25) is 4.79 Å². The molecule has 0 amide bonds. The standard InChI is InChI=1S/C8H15NO5/c9-6(2-1-3-7(10)11)4-14-5-8(12)13/h6H,1-5,9H2,(H,10,11)(H,12,13). The molecule has 14 heavy (non-hydrogen) atoms. The Labute approximate surface area is 81.7 Å². The second-order valence-electron chi connectivity index (χ2n) is 2.95. The average Bonchev–Trinajstić information content (AvgIpc) is 2.02. The van der Waals surface area contributed by atoms with Crippen molar-refractivity contribution in [2.24, 2.45) is 5.73 Å². The Balaban J connectivity index is 3.32. The summed E-state index contributed by atoms with van der Waals surface area (Å²) in [6, 6.07) is -0.298. The first-order chi connectivity index (χ1) is 6.52. The molecule has 0 spiro atoms. The predicted octanol–water partition coefficient (Wildman–Crippen LogP) is -0.330. The van der Waals surface area contributed by atoms with Crippen LogP contribution in [0.15, 0.2) is 0 Å². The molecule has 0 rings (SSSR count). The highest BCUT2D eigenvalue weighted by Crippen LogP contribution is 1.99. The van der Waals surface area contributed by atoms with Gasteiger partial charge >= 0.3 is 11.9 Å². The number of rotatable bonds is 8. The molecule has 1 unspecified atom stereocenters. The van der Waals surface area contributed by atoms with Crippen molar-refractivity contribution in [2.45, 2.75) is 25.3 Å². The van der Waals surface area contributed by atoms with E-state index in [-0.39, 0.29) is 25.7 Å². The minimum Gasteiger partial charge on any atom is -0.481 e. The maximum absolute atomic E-state index is 10.1. The fourth-order valence-electron chi connectivity index (χ4n) is 0.896. The first-order valence-corrected chi connectivity index (χ1v) is 4.29. The molecule has 0 heterocycles. The van der Waals surface area contributed by atoms with Gasteiger partial charge in [-0.15, -0.1) is 0 Å². The highest BCUT2D eigenvalue weighted by atomic mass is 16.5. The van der Waals surface area contributed by atoms with E-state index < -0.39 is 11.9 Å². The van der Waals surface area contributed by atoms with Crippen LogP contribution in [0.2, 0.25) is 0 Å². The zero-order chi connectivity index (χ0) is 11.0. The summed E-state index contributed by atoms with van der Waals surface area (Å²) in [5.41, 5.74) is 5.54. The molecule has 0 aliphatic heterocycles. The lowest BCUT2D eigenvalue weighted by atomic mass is 10.1. The molecule has 1 atom stereocenters. The third-order valence-corrected chi connectivity index (χ3v) is 1.52. The van der Waals surface area contributed by atoms with E-state index in [0.29, 0.717) is 12.8 Å². The molecule has 0 radical (unpaired) electrons. The number of hydrogen-bond acceptors (Lipinski definition) is 4. The number of carbonyl (C=O) groups is 2. The molecule has 0 aromatic heterocycles. The summed E-state index contributed by atoms with van der Waals surface area (Å²) < 4.78 is 4.74. The van der Waals surface area contributed by atoms with E-state index in [4.69, 9.17) is 20.7 Å². The minimum atomic E-state index is -1.04. The number of ether oxygens (including phenoxy) is 1. The zero-order valence-corrected chi connectivity index (χ0v) is 7.81. The van der Waals surface area contributed by atoms with E-state index in [1.54, 1.807) is 0 Å². The summed E-state index contributed by atoms with van der Waals surface area (Å²) in [6.07, 6.45) is 1.07. The molecule has 0 aromatic rings. The maximum atomic E-state index is 10.1. The van der Waals surface area contributed by atoms with E-state index in [9.17, 15) is 9.59 Å². The SMILES string of the molecule is NC(CCCC(=O)O)COCC(=O)O. The van der Waals surface area contributed by atoms with Crippen LogP contribution in [0.25, 0.3) is 0 Å². The molecule has 6 nitrogen and oxygen atoms in total. The Morgan fingerprint density at radius 2 is 1.93 bits per heavy atom. The van der Waals surface area contributed by atoms with Crippen molar-refractivity contribution in [1.82, 2.24) is 0 Å². The van der Waals surface area contributed by atoms with Crippen molar-refractivity contribution in [3.05, 3.63) is 0 Å². The smallest absolute Gasteiger partial charge is 0.329 e. The lowest BCUT2D eigenvalue weighted by Crippen LogP contribution is -2.27. The van der Waals surface area contributed by atoms with Crippen LogP contribution >= 0.6 is 0 Å². The second kappa shape index (κ2) is 7.28. The number of carboxylic acids is 2. The van der Waals surface area contributed by atoms with Crippen LogP contribution in [-0.2, 0) is 14.3 Å². The van der Waals surface area contributed by atoms with Gasteiger partial charge in [0.05, 0.1) is 6.61 Å². The Morgan fingerprint density at radius 3 is 2.43 bits per heavy atom. The van der Waals surface area contributed by atoms with E-state index in [1.165, 1.54) is 0 Å². The van der Waals surface area contributed by atoms with Crippen molar-refractivity contribution >= 4 is 11.9 Å². The summed E-state index contributed by atoms with van der Waals surface area (Å²) >= 11 is 0. The van der Waals surface area contributed by atoms with Gasteiger partial charge in [-0.2, -0.15) is 0 Å². The molecule has 4 N–H and O–H groups in total. The van der Waals surface area contributed by atoms with Gasteiger partial charge in [0.1, 0.15) is 6.61 Å². The first-order valence-electron chi connectivity index (χ1n) is 4.29. The van der Waals surface area contributed by atoms with Crippen LogP contribution in [-0.4, -0.2) is 41.4 Å². The van der Waals surface area contributed by atoms with Crippen LogP contribution in [0.3, 0.4) is 0 Å². The van der Waals surface area contributed by atoms with Crippen molar-refractivity contribution in [3.63, 3.8) is 0 Å². The Hall–Kier alpha value is -1.14. The van der Waals surface area contributed by atoms with Crippen molar-refractivity contribution in [3.8, 4) is 0 Å². The normalized spacial score (nSPS) is 12.4. The van der Waals surface area contributed by atoms with Gasteiger partial charge in [0.25, 0.3) is 0 Å². The number of nitrogens with two attached hydrogens (primary N) is 1. The Morgan fingerprint density at radius 1 is 1.29 bits per heavy atom. The summed E-state index contributed by atoms with van der Waals surface area (Å²) in [4.78, 5) is 20.2. The van der Waals surface area contributed by atoms with E-state index in [1.807, 2.05) is 0 Å². The monoisotopic (exact) mass is 205 g/mol. The summed E-state index contributed by atoms with van der Waals surface area (Å²) in [6.45, 7) is -0.224. The Bertz CT molecular complexity index is 174. The number of hydrogen-bond donors (Lipinski definition) is 3. The van der Waals surface area contributed by atoms with Gasteiger partial charge in [-0.25, -0.2) is 4.79 Å². The predicted molar refractivity (Wildman–Crippen MR) is 47.9 cm³/mol. The number of carboxylic acid groups (broad SMARTS) is 2. The van der Waals surface area contributed by atoms with Gasteiger partial charge in [-0.05, 0) is 12.8 Å². The van der Waals surface area contributed by atoms with Gasteiger partial charge in [-0.1, -0.05) is 0 Å². The number of aliphatic carboxylic acids is 2. The van der Waals surface area contributed by atoms with Crippen LogP contribution < -0.4 is 5.73 Å². The molecular weight excluding hydrogens is 190 g/mol. The topological polar surface area (TPSA) is 110 Å². The highest BCUT2D eigenvalue weighted by Gasteiger charge is 2.05. The lowest BCUT2D eigenvalue weighted by Gasteiger charge is -2.09. The molecule has 0 fully saturated rings. The third kappa shape index (κ3) is 8.95. The van der Waals surface area contributed by atoms with E-state index in [2.05, 4.69) is 0 Å². The summed E-state index contributed by atoms with van der Waals surface area (Å²) in [5.74, 6) is -1.90. The van der Waals surface area contributed by atoms with Crippen LogP contribution in [0, 0.1) is 0 Å². The van der Waals surface area contributed by atoms with Crippen LogP contribution in [0.5, 0.6) is 0 Å². The fourth-order valence-corrected chi connectivity index (χ4v) is 0.896. The van der Waals surface area contributed by atoms with Crippen molar-refractivity contribution in [2.75, 3.05) is 13.2 Å². The molecular formula is C8H15NO5. The molecule has 0 saturated heterocycles. The molecule has 0 aliphatic rings. The molecule has 0 aliphatic carbocycles. The van der Waals surface area contributed by atoms with Gasteiger partial charge in [0.15, 0.2) is 0 Å². The van der Waals surface area contributed by atoms with Gasteiger partial charge in [0, 0.05) is 12.5 Å². The lowest BCUT2D eigenvalue weighted by molar-refractivity contribution is -0.142. The highest BCUT2D eigenvalue weighted by molar-refractivity contribution is 5.68. The second-order valence-corrected chi connectivity index (χ2v) is 2.95. The van der Waals surface area contributed by atoms with Crippen molar-refractivity contribution < 1.29 is 24.5 Å². The quantitative estimate of drug-likeness (QED) is 0.500. The summed E-state index contributed by atoms with van der Waals surface area (Å²) in [7, 11) is 0. The van der Waals surface area contributed by atoms with E-state index in [0.717, 1.165) is 0 Å². The van der Waals surface area contributed by atoms with Gasteiger partial charge < -0.3 is 20.7 Å². The summed E-state index contributed by atoms with van der Waals surface area (Å²) in [5, 5.41) is 16.6. The molecule has 82 valence electrons. The maximum Gasteiger partial charge on any atom is 0.329 e. The Kier molecular flexibility index (Phi) is 6.69. The largest absolute Gasteiger partial charge is 0.481 e. The zero-order valence-electron chi connectivity index (χ0n) is 7.81. The molecule has 6 heteroatoms. The minimum absolute atomic E-state index is 0.0760.